The molecule has 6 heteroatoms. The molecule has 0 spiro atoms. The van der Waals surface area contributed by atoms with Crippen LogP contribution in [-0.2, 0) is 16.8 Å². The van der Waals surface area contributed by atoms with Crippen molar-refractivity contribution in [1.29, 1.82) is 0 Å². The summed E-state index contributed by atoms with van der Waals surface area (Å²) >= 11 is 0. The van der Waals surface area contributed by atoms with Crippen molar-refractivity contribution >= 4 is 46.4 Å². The number of pyridine rings is 1. The van der Waals surface area contributed by atoms with Gasteiger partial charge in [-0.15, -0.1) is 0 Å². The van der Waals surface area contributed by atoms with Crippen molar-refractivity contribution in [2.45, 2.75) is 0 Å². The Kier molecular flexibility index (Phi) is 6.21. The Morgan fingerprint density at radius 1 is 0.548 bits per heavy atom. The zero-order valence-corrected chi connectivity index (χ0v) is 17.5. The maximum Gasteiger partial charge on any atom is 0.0659 e. The van der Waals surface area contributed by atoms with Crippen LogP contribution in [0.5, 0.6) is 0 Å². The largest absolute Gasteiger partial charge is 0.391 e. The fourth-order valence-corrected chi connectivity index (χ4v) is 3.22. The third kappa shape index (κ3) is 5.25. The summed E-state index contributed by atoms with van der Waals surface area (Å²) in [6.07, 6.45) is 11.4. The number of fused-ring (bicyclic) bond motifs is 8. The van der Waals surface area contributed by atoms with Gasteiger partial charge in [-0.25, -0.2) is 9.97 Å². The Morgan fingerprint density at radius 3 is 1.35 bits per heavy atom. The van der Waals surface area contributed by atoms with E-state index < -0.39 is 0 Å². The third-order valence-electron chi connectivity index (χ3n) is 4.56. The van der Waals surface area contributed by atoms with Crippen molar-refractivity contribution in [1.82, 2.24) is 24.9 Å². The summed E-state index contributed by atoms with van der Waals surface area (Å²) in [6.45, 7) is 0. The smallest absolute Gasteiger partial charge is 0.0659 e. The van der Waals surface area contributed by atoms with Gasteiger partial charge in [0.2, 0.25) is 0 Å². The second-order valence-electron chi connectivity index (χ2n) is 6.85. The van der Waals surface area contributed by atoms with Crippen molar-refractivity contribution in [2.75, 3.05) is 0 Å². The molecule has 0 fully saturated rings. The first kappa shape index (κ1) is 20.5. The molecule has 0 unspecified atom stereocenters. The standard InChI is InChI=1S/C20H14N4.C5H4N.Co/c1-2-14-10-16-5-6-18(23-16)12-20-8-7-19(24-20)11-17-4-3-15(22-17)9-13(1)21-14;1-2-4-6-5-3-1;/h1-12,21-22H;2-5H;/q;-1;. The van der Waals surface area contributed by atoms with Gasteiger partial charge in [-0.1, -0.05) is 12.4 Å². The number of hydrogen-bond acceptors (Lipinski definition) is 3. The normalized spacial score (nSPS) is 11.4. The van der Waals surface area contributed by atoms with Gasteiger partial charge in [0.25, 0.3) is 0 Å². The van der Waals surface area contributed by atoms with Gasteiger partial charge in [0.15, 0.2) is 0 Å². The molecule has 6 heterocycles. The summed E-state index contributed by atoms with van der Waals surface area (Å²) < 4.78 is 0. The second kappa shape index (κ2) is 9.38. The molecule has 0 saturated carbocycles. The Hall–Kier alpha value is -3.74. The first-order valence-electron chi connectivity index (χ1n) is 9.61. The average Bonchev–Trinajstić information content (AvgIpc) is 3.56. The van der Waals surface area contributed by atoms with Gasteiger partial charge in [0, 0.05) is 38.8 Å². The van der Waals surface area contributed by atoms with Crippen LogP contribution in [0.2, 0.25) is 0 Å². The molecule has 4 aromatic rings. The SMILES string of the molecule is C1=Cc2cc3ccc(cc4ccc(cc5nc(cc1n2)C=C5)[nH]4)[nH]3.[Co].[c-]1ccncc1. The average molecular weight is 447 g/mol. The van der Waals surface area contributed by atoms with Crippen LogP contribution in [0.15, 0.2) is 73.1 Å². The molecular weight excluding hydrogens is 429 g/mol. The Morgan fingerprint density at radius 2 is 0.968 bits per heavy atom. The van der Waals surface area contributed by atoms with Gasteiger partial charge in [-0.2, -0.15) is 18.2 Å². The van der Waals surface area contributed by atoms with Crippen LogP contribution in [-0.4, -0.2) is 24.9 Å². The van der Waals surface area contributed by atoms with Crippen LogP contribution in [0.3, 0.4) is 0 Å². The van der Waals surface area contributed by atoms with Crippen LogP contribution in [0, 0.1) is 6.07 Å². The molecule has 31 heavy (non-hydrogen) atoms. The molecular formula is C25H18CoN5-. The number of nitrogens with one attached hydrogen (secondary N) is 2. The van der Waals surface area contributed by atoms with E-state index in [1.807, 2.05) is 42.5 Å². The molecule has 0 amide bonds. The minimum absolute atomic E-state index is 0. The van der Waals surface area contributed by atoms with Gasteiger partial charge in [0.1, 0.15) is 0 Å². The zero-order chi connectivity index (χ0) is 20.2. The number of H-pyrrole nitrogens is 2. The molecule has 0 aromatic carbocycles. The molecule has 2 N–H and O–H groups in total. The third-order valence-corrected chi connectivity index (χ3v) is 4.56. The van der Waals surface area contributed by atoms with E-state index in [2.05, 4.69) is 61.3 Å². The van der Waals surface area contributed by atoms with E-state index in [0.717, 1.165) is 44.8 Å². The molecule has 6 rings (SSSR count). The maximum absolute atomic E-state index is 4.62. The van der Waals surface area contributed by atoms with E-state index in [1.165, 1.54) is 0 Å². The van der Waals surface area contributed by atoms with Crippen molar-refractivity contribution in [2.24, 2.45) is 0 Å². The maximum atomic E-state index is 4.62. The fraction of sp³-hybridized carbons (Fsp3) is 0. The molecule has 0 atom stereocenters. The predicted molar refractivity (Wildman–Crippen MR) is 122 cm³/mol. The summed E-state index contributed by atoms with van der Waals surface area (Å²) in [6, 6.07) is 22.8. The van der Waals surface area contributed by atoms with Crippen LogP contribution in [0.4, 0.5) is 0 Å². The van der Waals surface area contributed by atoms with Crippen LogP contribution in [0.25, 0.3) is 46.4 Å². The molecule has 0 saturated heterocycles. The van der Waals surface area contributed by atoms with E-state index in [9.17, 15) is 0 Å². The fourth-order valence-electron chi connectivity index (χ4n) is 3.22. The first-order valence-corrected chi connectivity index (χ1v) is 9.61. The van der Waals surface area contributed by atoms with Gasteiger partial charge in [-0.3, -0.25) is 0 Å². The number of aromatic nitrogens is 5. The van der Waals surface area contributed by atoms with Crippen molar-refractivity contribution in [3.8, 4) is 0 Å². The molecule has 2 aliphatic heterocycles. The molecule has 153 valence electrons. The van der Waals surface area contributed by atoms with Gasteiger partial charge in [0.05, 0.1) is 22.8 Å². The summed E-state index contributed by atoms with van der Waals surface area (Å²) in [5.41, 5.74) is 7.86. The number of rotatable bonds is 0. The van der Waals surface area contributed by atoms with Crippen LogP contribution < -0.4 is 0 Å². The molecule has 1 radical (unpaired) electrons. The van der Waals surface area contributed by atoms with Crippen LogP contribution >= 0.6 is 0 Å². The molecule has 0 aliphatic carbocycles. The van der Waals surface area contributed by atoms with E-state index in [-0.39, 0.29) is 16.8 Å². The second-order valence-corrected chi connectivity index (χ2v) is 6.85. The van der Waals surface area contributed by atoms with E-state index in [1.54, 1.807) is 24.5 Å². The first-order chi connectivity index (χ1) is 14.8. The summed E-state index contributed by atoms with van der Waals surface area (Å²) in [7, 11) is 0. The van der Waals surface area contributed by atoms with Crippen LogP contribution in [0.1, 0.15) is 22.8 Å². The number of aromatic amines is 2. The molecule has 5 nitrogen and oxygen atoms in total. The minimum atomic E-state index is 0. The molecule has 2 aliphatic rings. The quantitative estimate of drug-likeness (QED) is 0.301. The van der Waals surface area contributed by atoms with Crippen molar-refractivity contribution in [3.05, 3.63) is 102 Å². The Balaban J connectivity index is 0.000000288. The zero-order valence-electron chi connectivity index (χ0n) is 16.4. The van der Waals surface area contributed by atoms with Crippen molar-refractivity contribution < 1.29 is 16.8 Å². The van der Waals surface area contributed by atoms with Gasteiger partial charge in [-0.05, 0) is 72.8 Å². The monoisotopic (exact) mass is 447 g/mol. The number of nitrogens with zero attached hydrogens (tertiary/aromatic N) is 3. The van der Waals surface area contributed by atoms with E-state index in [0.29, 0.717) is 0 Å². The van der Waals surface area contributed by atoms with E-state index >= 15 is 0 Å². The number of hydrogen-bond donors (Lipinski definition) is 2. The van der Waals surface area contributed by atoms with Gasteiger partial charge < -0.3 is 15.0 Å². The summed E-state index contributed by atoms with van der Waals surface area (Å²) in [4.78, 5) is 19.8. The topological polar surface area (TPSA) is 70.2 Å². The Labute approximate surface area is 189 Å². The van der Waals surface area contributed by atoms with E-state index in [4.69, 9.17) is 0 Å². The van der Waals surface area contributed by atoms with Crippen molar-refractivity contribution in [3.63, 3.8) is 0 Å². The summed E-state index contributed by atoms with van der Waals surface area (Å²) in [5, 5.41) is 0. The molecule has 4 aromatic heterocycles. The summed E-state index contributed by atoms with van der Waals surface area (Å²) in [5.74, 6) is 0. The van der Waals surface area contributed by atoms with Gasteiger partial charge >= 0.3 is 0 Å². The minimum Gasteiger partial charge on any atom is -0.391 e. The molecule has 8 bridgehead atoms. The Bertz CT molecular complexity index is 1280. The predicted octanol–water partition coefficient (Wildman–Crippen LogP) is 5.53.